The van der Waals surface area contributed by atoms with Gasteiger partial charge in [-0.15, -0.1) is 0 Å². The Morgan fingerprint density at radius 3 is 3.11 bits per heavy atom. The molecule has 0 saturated carbocycles. The van der Waals surface area contributed by atoms with Crippen molar-refractivity contribution in [1.29, 1.82) is 0 Å². The van der Waals surface area contributed by atoms with Crippen molar-refractivity contribution in [2.75, 3.05) is 19.6 Å². The molecule has 0 aromatic carbocycles. The van der Waals surface area contributed by atoms with E-state index in [0.717, 1.165) is 26.1 Å². The molecule has 2 aliphatic rings. The van der Waals surface area contributed by atoms with E-state index in [2.05, 4.69) is 5.32 Å². The Kier molecular flexibility index (Phi) is 1.22. The average molecular weight is 128 g/mol. The van der Waals surface area contributed by atoms with Crippen molar-refractivity contribution in [1.82, 2.24) is 5.32 Å². The van der Waals surface area contributed by atoms with Crippen LogP contribution < -0.4 is 10.4 Å². The van der Waals surface area contributed by atoms with Crippen molar-refractivity contribution in [2.45, 2.75) is 12.5 Å². The maximum atomic E-state index is 11.0. The van der Waals surface area contributed by atoms with Gasteiger partial charge in [0.05, 0.1) is 6.54 Å². The zero-order valence-electron chi connectivity index (χ0n) is 5.39. The minimum atomic E-state index is 0.394. The Bertz CT molecular complexity index is 118. The first-order valence-electron chi connectivity index (χ1n) is 3.61. The summed E-state index contributed by atoms with van der Waals surface area (Å²) in [7, 11) is 0. The van der Waals surface area contributed by atoms with Crippen LogP contribution in [0.25, 0.3) is 0 Å². The summed E-state index contributed by atoms with van der Waals surface area (Å²) in [6.07, 6.45) is 1.14. The van der Waals surface area contributed by atoms with Crippen molar-refractivity contribution in [2.24, 2.45) is 5.92 Å². The highest BCUT2D eigenvalue weighted by molar-refractivity contribution is 4.84. The molecule has 9 heavy (non-hydrogen) atoms. The van der Waals surface area contributed by atoms with Gasteiger partial charge in [0.2, 0.25) is 0 Å². The lowest BCUT2D eigenvalue weighted by Gasteiger charge is -2.22. The van der Waals surface area contributed by atoms with Gasteiger partial charge >= 0.3 is 0 Å². The average Bonchev–Trinajstić information content (AvgIpc) is 2.35. The van der Waals surface area contributed by atoms with Crippen LogP contribution in [0.4, 0.5) is 0 Å². The molecule has 2 N–H and O–H groups in total. The lowest BCUT2D eigenvalue weighted by atomic mass is 10.1. The summed E-state index contributed by atoms with van der Waals surface area (Å²) in [4.78, 5) is 0. The van der Waals surface area contributed by atoms with Crippen molar-refractivity contribution in [3.8, 4) is 0 Å². The topological polar surface area (TPSA) is 39.5 Å². The summed E-state index contributed by atoms with van der Waals surface area (Å²) < 4.78 is 0. The third-order valence-electron chi connectivity index (χ3n) is 2.51. The highest BCUT2D eigenvalue weighted by Crippen LogP contribution is 2.13. The molecule has 2 fully saturated rings. The zero-order chi connectivity index (χ0) is 6.27. The van der Waals surface area contributed by atoms with E-state index in [1.165, 1.54) is 0 Å². The molecule has 0 radical (unpaired) electrons. The number of hydrogen-bond donors (Lipinski definition) is 2. The fourth-order valence-electron chi connectivity index (χ4n) is 1.93. The van der Waals surface area contributed by atoms with Gasteiger partial charge in [-0.05, 0) is 0 Å². The van der Waals surface area contributed by atoms with Gasteiger partial charge < -0.3 is 15.6 Å². The van der Waals surface area contributed by atoms with Crippen molar-refractivity contribution in [3.63, 3.8) is 0 Å². The Morgan fingerprint density at radius 2 is 2.33 bits per heavy atom. The van der Waals surface area contributed by atoms with Crippen LogP contribution in [-0.2, 0) is 0 Å². The smallest absolute Gasteiger partial charge is 0.104 e. The zero-order valence-corrected chi connectivity index (χ0v) is 5.39. The molecule has 0 aliphatic carbocycles. The Labute approximate surface area is 54.6 Å². The summed E-state index contributed by atoms with van der Waals surface area (Å²) in [6, 6.07) is 0.394. The van der Waals surface area contributed by atoms with Gasteiger partial charge in [-0.1, -0.05) is 0 Å². The summed E-state index contributed by atoms with van der Waals surface area (Å²) >= 11 is 0. The highest BCUT2D eigenvalue weighted by atomic mass is 16.5. The van der Waals surface area contributed by atoms with Crippen molar-refractivity contribution >= 4 is 0 Å². The maximum Gasteiger partial charge on any atom is 0.104 e. The van der Waals surface area contributed by atoms with Gasteiger partial charge in [-0.25, -0.2) is 0 Å². The van der Waals surface area contributed by atoms with Crippen molar-refractivity contribution < 1.29 is 5.06 Å². The normalized spacial score (nSPS) is 49.7. The Hall–Kier alpha value is -0.120. The third-order valence-corrected chi connectivity index (χ3v) is 2.51. The van der Waals surface area contributed by atoms with E-state index >= 15 is 0 Å². The van der Waals surface area contributed by atoms with Crippen LogP contribution in [0.5, 0.6) is 0 Å². The first-order valence-corrected chi connectivity index (χ1v) is 3.61. The number of rotatable bonds is 0. The SMILES string of the molecule is [O-][NH+]1CCC2CNCC21. The molecule has 2 aliphatic heterocycles. The van der Waals surface area contributed by atoms with E-state index in [-0.39, 0.29) is 0 Å². The van der Waals surface area contributed by atoms with Gasteiger partial charge in [0.25, 0.3) is 0 Å². The van der Waals surface area contributed by atoms with Gasteiger partial charge in [-0.2, -0.15) is 0 Å². The van der Waals surface area contributed by atoms with Gasteiger partial charge in [0.1, 0.15) is 6.04 Å². The predicted molar refractivity (Wildman–Crippen MR) is 34.0 cm³/mol. The quantitative estimate of drug-likeness (QED) is 0.384. The minimum Gasteiger partial charge on any atom is -0.634 e. The predicted octanol–water partition coefficient (Wildman–Crippen LogP) is -1.64. The number of hydroxylamine groups is 2. The second-order valence-electron chi connectivity index (χ2n) is 3.03. The summed E-state index contributed by atoms with van der Waals surface area (Å²) in [5, 5.41) is 14.7. The van der Waals surface area contributed by atoms with E-state index in [9.17, 15) is 5.21 Å². The molecule has 0 aromatic rings. The molecule has 3 nitrogen and oxygen atoms in total. The molecule has 3 heteroatoms. The summed E-state index contributed by atoms with van der Waals surface area (Å²) in [5.74, 6) is 0.692. The first-order chi connectivity index (χ1) is 4.38. The molecule has 52 valence electrons. The molecule has 2 heterocycles. The minimum absolute atomic E-state index is 0.394. The molecule has 2 saturated heterocycles. The second-order valence-corrected chi connectivity index (χ2v) is 3.03. The Balaban J connectivity index is 2.07. The van der Waals surface area contributed by atoms with Crippen LogP contribution in [0.1, 0.15) is 6.42 Å². The van der Waals surface area contributed by atoms with E-state index < -0.39 is 0 Å². The standard InChI is InChI=1S/C6H12N2O/c9-8-2-1-5-3-7-4-6(5)8/h5-8H,1-4H2. The van der Waals surface area contributed by atoms with Crippen LogP contribution >= 0.6 is 0 Å². The lowest BCUT2D eigenvalue weighted by molar-refractivity contribution is -0.860. The number of quaternary nitrogens is 1. The molecule has 3 atom stereocenters. The fourth-order valence-corrected chi connectivity index (χ4v) is 1.93. The second kappa shape index (κ2) is 1.94. The third kappa shape index (κ3) is 0.764. The van der Waals surface area contributed by atoms with Crippen LogP contribution in [0, 0.1) is 11.1 Å². The van der Waals surface area contributed by atoms with E-state index in [1.54, 1.807) is 0 Å². The van der Waals surface area contributed by atoms with E-state index in [1.807, 2.05) is 0 Å². The van der Waals surface area contributed by atoms with Gasteiger partial charge in [-0.3, -0.25) is 0 Å². The first kappa shape index (κ1) is 5.65. The van der Waals surface area contributed by atoms with Gasteiger partial charge in [0.15, 0.2) is 0 Å². The molecule has 0 bridgehead atoms. The molecule has 0 aromatic heterocycles. The highest BCUT2D eigenvalue weighted by Gasteiger charge is 2.37. The number of fused-ring (bicyclic) bond motifs is 1. The van der Waals surface area contributed by atoms with Crippen LogP contribution in [0.15, 0.2) is 0 Å². The molecular formula is C6H12N2O. The van der Waals surface area contributed by atoms with E-state index in [0.29, 0.717) is 17.0 Å². The summed E-state index contributed by atoms with van der Waals surface area (Å²) in [6.45, 7) is 2.87. The molecule has 3 unspecified atom stereocenters. The van der Waals surface area contributed by atoms with Crippen LogP contribution in [0.2, 0.25) is 0 Å². The molecule has 0 spiro atoms. The number of hydrogen-bond acceptors (Lipinski definition) is 2. The summed E-state index contributed by atoms with van der Waals surface area (Å²) in [5.41, 5.74) is 0. The fraction of sp³-hybridized carbons (Fsp3) is 1.00. The van der Waals surface area contributed by atoms with Crippen LogP contribution in [-0.4, -0.2) is 25.7 Å². The Morgan fingerprint density at radius 1 is 1.44 bits per heavy atom. The number of nitrogens with one attached hydrogen (secondary N) is 2. The monoisotopic (exact) mass is 128 g/mol. The molecule has 0 amide bonds. The largest absolute Gasteiger partial charge is 0.634 e. The van der Waals surface area contributed by atoms with Crippen molar-refractivity contribution in [3.05, 3.63) is 5.21 Å². The maximum absolute atomic E-state index is 11.0. The molecule has 2 rings (SSSR count). The van der Waals surface area contributed by atoms with Gasteiger partial charge in [0, 0.05) is 25.4 Å². The lowest BCUT2D eigenvalue weighted by Crippen LogP contribution is -3.09. The molecular weight excluding hydrogens is 116 g/mol. The van der Waals surface area contributed by atoms with Crippen LogP contribution in [0.3, 0.4) is 0 Å². The van der Waals surface area contributed by atoms with E-state index in [4.69, 9.17) is 0 Å².